The quantitative estimate of drug-likeness (QED) is 0.495. The van der Waals surface area contributed by atoms with E-state index in [2.05, 4.69) is 22.2 Å². The molecule has 1 heterocycles. The standard InChI is InChI=1S/C17H23N3O4/c1-2-3-9-18-10-13(21)11-24-16-14(17(22)23)19-15(20-16)12-7-5-4-6-8-12/h4-8,13,18,21H,2-3,9-11H2,1H3,(H,19,20)(H,22,23). The minimum Gasteiger partial charge on any atom is -0.476 e. The lowest BCUT2D eigenvalue weighted by Crippen LogP contribution is -2.32. The Bertz CT molecular complexity index is 643. The fourth-order valence-corrected chi connectivity index (χ4v) is 2.15. The maximum Gasteiger partial charge on any atom is 0.360 e. The van der Waals surface area contributed by atoms with Gasteiger partial charge in [0.05, 0.1) is 0 Å². The van der Waals surface area contributed by atoms with Crippen LogP contribution in [0.25, 0.3) is 11.4 Å². The molecule has 0 fully saturated rings. The van der Waals surface area contributed by atoms with Gasteiger partial charge < -0.3 is 25.3 Å². The SMILES string of the molecule is CCCCNCC(O)COc1[nH]c(-c2ccccc2)nc1C(=O)O. The van der Waals surface area contributed by atoms with Crippen molar-refractivity contribution in [1.82, 2.24) is 15.3 Å². The van der Waals surface area contributed by atoms with Crippen LogP contribution >= 0.6 is 0 Å². The van der Waals surface area contributed by atoms with E-state index in [0.717, 1.165) is 24.9 Å². The number of rotatable bonds is 10. The van der Waals surface area contributed by atoms with Gasteiger partial charge >= 0.3 is 5.97 Å². The van der Waals surface area contributed by atoms with Crippen LogP contribution in [0, 0.1) is 0 Å². The van der Waals surface area contributed by atoms with Crippen molar-refractivity contribution in [2.75, 3.05) is 19.7 Å². The number of nitrogens with one attached hydrogen (secondary N) is 2. The number of carbonyl (C=O) groups is 1. The van der Waals surface area contributed by atoms with Crippen molar-refractivity contribution in [3.63, 3.8) is 0 Å². The van der Waals surface area contributed by atoms with Gasteiger partial charge in [-0.3, -0.25) is 0 Å². The van der Waals surface area contributed by atoms with Gasteiger partial charge in [0.25, 0.3) is 0 Å². The molecule has 0 spiro atoms. The third-order valence-electron chi connectivity index (χ3n) is 3.43. The number of unbranched alkanes of at least 4 members (excludes halogenated alkanes) is 1. The Balaban J connectivity index is 1.99. The molecule has 2 aromatic rings. The number of H-pyrrole nitrogens is 1. The smallest absolute Gasteiger partial charge is 0.360 e. The number of aromatic nitrogens is 2. The summed E-state index contributed by atoms with van der Waals surface area (Å²) in [6.45, 7) is 3.30. The number of carboxylic acid groups (broad SMARTS) is 1. The van der Waals surface area contributed by atoms with Crippen molar-refractivity contribution < 1.29 is 19.7 Å². The van der Waals surface area contributed by atoms with Gasteiger partial charge in [-0.1, -0.05) is 43.7 Å². The molecule has 0 aliphatic heterocycles. The summed E-state index contributed by atoms with van der Waals surface area (Å²) in [6, 6.07) is 9.18. The fourth-order valence-electron chi connectivity index (χ4n) is 2.15. The number of carboxylic acids is 1. The molecule has 7 heteroatoms. The van der Waals surface area contributed by atoms with E-state index in [1.165, 1.54) is 0 Å². The molecular formula is C17H23N3O4. The van der Waals surface area contributed by atoms with Crippen LogP contribution in [0.3, 0.4) is 0 Å². The third kappa shape index (κ3) is 5.07. The normalized spacial score (nSPS) is 12.1. The molecule has 0 aliphatic rings. The molecular weight excluding hydrogens is 310 g/mol. The summed E-state index contributed by atoms with van der Waals surface area (Å²) in [6.07, 6.45) is 1.39. The second-order valence-corrected chi connectivity index (χ2v) is 5.46. The van der Waals surface area contributed by atoms with Gasteiger partial charge in [0.1, 0.15) is 18.5 Å². The van der Waals surface area contributed by atoms with Gasteiger partial charge in [-0.25, -0.2) is 9.78 Å². The zero-order chi connectivity index (χ0) is 17.4. The van der Waals surface area contributed by atoms with E-state index >= 15 is 0 Å². The molecule has 1 unspecified atom stereocenters. The van der Waals surface area contributed by atoms with Crippen molar-refractivity contribution >= 4 is 5.97 Å². The number of aliphatic hydroxyl groups excluding tert-OH is 1. The van der Waals surface area contributed by atoms with E-state index in [1.807, 2.05) is 30.3 Å². The Hall–Kier alpha value is -2.38. The number of benzene rings is 1. The van der Waals surface area contributed by atoms with Gasteiger partial charge in [-0.15, -0.1) is 0 Å². The van der Waals surface area contributed by atoms with E-state index in [-0.39, 0.29) is 18.2 Å². The first-order chi connectivity index (χ1) is 11.6. The minimum absolute atomic E-state index is 0.0180. The maximum atomic E-state index is 11.3. The number of aromatic carboxylic acids is 1. The Morgan fingerprint density at radius 3 is 2.79 bits per heavy atom. The zero-order valence-electron chi connectivity index (χ0n) is 13.7. The van der Waals surface area contributed by atoms with E-state index in [1.54, 1.807) is 0 Å². The molecule has 0 radical (unpaired) electrons. The van der Waals surface area contributed by atoms with Gasteiger partial charge in [-0.05, 0) is 13.0 Å². The molecule has 0 amide bonds. The topological polar surface area (TPSA) is 107 Å². The summed E-state index contributed by atoms with van der Waals surface area (Å²) in [5.74, 6) is -0.716. The van der Waals surface area contributed by atoms with Crippen LogP contribution in [0.2, 0.25) is 0 Å². The molecule has 0 aliphatic carbocycles. The highest BCUT2D eigenvalue weighted by Crippen LogP contribution is 2.23. The lowest BCUT2D eigenvalue weighted by Gasteiger charge is -2.12. The molecule has 0 saturated heterocycles. The van der Waals surface area contributed by atoms with Gasteiger partial charge in [0.2, 0.25) is 11.6 Å². The lowest BCUT2D eigenvalue weighted by atomic mass is 10.2. The van der Waals surface area contributed by atoms with Crippen molar-refractivity contribution in [2.45, 2.75) is 25.9 Å². The highest BCUT2D eigenvalue weighted by molar-refractivity contribution is 5.89. The summed E-state index contributed by atoms with van der Waals surface area (Å²) in [5.41, 5.74) is 0.566. The summed E-state index contributed by atoms with van der Waals surface area (Å²) in [5, 5.41) is 22.3. The Morgan fingerprint density at radius 1 is 1.38 bits per heavy atom. The van der Waals surface area contributed by atoms with Crippen LogP contribution in [0.1, 0.15) is 30.3 Å². The Labute approximate surface area is 140 Å². The van der Waals surface area contributed by atoms with E-state index < -0.39 is 12.1 Å². The zero-order valence-corrected chi connectivity index (χ0v) is 13.7. The average molecular weight is 333 g/mol. The summed E-state index contributed by atoms with van der Waals surface area (Å²) >= 11 is 0. The molecule has 1 aromatic heterocycles. The number of hydrogen-bond donors (Lipinski definition) is 4. The molecule has 2 rings (SSSR count). The van der Waals surface area contributed by atoms with Crippen molar-refractivity contribution in [2.24, 2.45) is 0 Å². The van der Waals surface area contributed by atoms with Crippen LogP contribution in [0.4, 0.5) is 0 Å². The monoisotopic (exact) mass is 333 g/mol. The number of imidazole rings is 1. The molecule has 130 valence electrons. The number of nitrogens with zero attached hydrogens (tertiary/aromatic N) is 1. The molecule has 0 saturated carbocycles. The van der Waals surface area contributed by atoms with E-state index in [4.69, 9.17) is 4.74 Å². The lowest BCUT2D eigenvalue weighted by molar-refractivity contribution is 0.0675. The molecule has 7 nitrogen and oxygen atoms in total. The Kier molecular flexibility index (Phi) is 6.77. The average Bonchev–Trinajstić information content (AvgIpc) is 3.02. The first kappa shape index (κ1) is 18.0. The molecule has 1 atom stereocenters. The van der Waals surface area contributed by atoms with Crippen LogP contribution < -0.4 is 10.1 Å². The number of hydrogen-bond acceptors (Lipinski definition) is 5. The largest absolute Gasteiger partial charge is 0.476 e. The molecule has 0 bridgehead atoms. The highest BCUT2D eigenvalue weighted by Gasteiger charge is 2.20. The molecule has 4 N–H and O–H groups in total. The summed E-state index contributed by atoms with van der Waals surface area (Å²) < 4.78 is 5.43. The van der Waals surface area contributed by atoms with Gasteiger partial charge in [-0.2, -0.15) is 0 Å². The highest BCUT2D eigenvalue weighted by atomic mass is 16.5. The first-order valence-corrected chi connectivity index (χ1v) is 8.02. The van der Waals surface area contributed by atoms with Crippen LogP contribution in [-0.2, 0) is 0 Å². The number of aliphatic hydroxyl groups is 1. The third-order valence-corrected chi connectivity index (χ3v) is 3.43. The number of aromatic amines is 1. The Morgan fingerprint density at radius 2 is 2.12 bits per heavy atom. The molecule has 1 aromatic carbocycles. The minimum atomic E-state index is -1.18. The van der Waals surface area contributed by atoms with Crippen LogP contribution in [-0.4, -0.2) is 52.0 Å². The van der Waals surface area contributed by atoms with E-state index in [0.29, 0.717) is 12.4 Å². The fraction of sp³-hybridized carbons (Fsp3) is 0.412. The first-order valence-electron chi connectivity index (χ1n) is 8.02. The van der Waals surface area contributed by atoms with Gasteiger partial charge in [0.15, 0.2) is 0 Å². The predicted octanol–water partition coefficient (Wildman–Crippen LogP) is 1.90. The maximum absolute atomic E-state index is 11.3. The second kappa shape index (κ2) is 9.05. The number of ether oxygens (including phenoxy) is 1. The molecule has 24 heavy (non-hydrogen) atoms. The predicted molar refractivity (Wildman–Crippen MR) is 90.3 cm³/mol. The summed E-state index contributed by atoms with van der Waals surface area (Å²) in [7, 11) is 0. The summed E-state index contributed by atoms with van der Waals surface area (Å²) in [4.78, 5) is 18.3. The van der Waals surface area contributed by atoms with Crippen LogP contribution in [0.5, 0.6) is 5.88 Å². The van der Waals surface area contributed by atoms with Crippen molar-refractivity contribution in [3.05, 3.63) is 36.0 Å². The second-order valence-electron chi connectivity index (χ2n) is 5.46. The van der Waals surface area contributed by atoms with Crippen LogP contribution in [0.15, 0.2) is 30.3 Å². The van der Waals surface area contributed by atoms with E-state index in [9.17, 15) is 15.0 Å². The van der Waals surface area contributed by atoms with Gasteiger partial charge in [0, 0.05) is 12.1 Å². The van der Waals surface area contributed by atoms with Crippen molar-refractivity contribution in [1.29, 1.82) is 0 Å². The van der Waals surface area contributed by atoms with Crippen molar-refractivity contribution in [3.8, 4) is 17.3 Å².